The molecule has 1 atom stereocenters. The Bertz CT molecular complexity index is 349. The fourth-order valence-electron chi connectivity index (χ4n) is 2.26. The molecule has 0 heterocycles. The summed E-state index contributed by atoms with van der Waals surface area (Å²) in [7, 11) is 0. The lowest BCUT2D eigenvalue weighted by molar-refractivity contribution is 0.547. The maximum absolute atomic E-state index is 6.29. The molecular weight excluding hydrogens is 242 g/mol. The third-order valence-electron chi connectivity index (χ3n) is 3.49. The van der Waals surface area contributed by atoms with Crippen molar-refractivity contribution in [2.75, 3.05) is 0 Å². The van der Waals surface area contributed by atoms with Gasteiger partial charge in [-0.15, -0.1) is 0 Å². The molecule has 102 valence electrons. The van der Waals surface area contributed by atoms with Crippen LogP contribution in [0.2, 0.25) is 5.02 Å². The summed E-state index contributed by atoms with van der Waals surface area (Å²) in [5, 5.41) is 0.844. The van der Waals surface area contributed by atoms with Gasteiger partial charge in [-0.25, -0.2) is 0 Å². The predicted octanol–water partition coefficient (Wildman–Crippen LogP) is 5.40. The fourth-order valence-corrected chi connectivity index (χ4v) is 2.52. The topological polar surface area (TPSA) is 26.0 Å². The first-order valence-corrected chi connectivity index (χ1v) is 7.55. The van der Waals surface area contributed by atoms with Crippen molar-refractivity contribution in [3.05, 3.63) is 34.3 Å². The van der Waals surface area contributed by atoms with E-state index in [1.165, 1.54) is 38.5 Å². The van der Waals surface area contributed by atoms with Crippen molar-refractivity contribution in [3.8, 4) is 0 Å². The molecule has 1 rings (SSSR count). The van der Waals surface area contributed by atoms with Gasteiger partial charge in [-0.3, -0.25) is 0 Å². The number of hydrogen-bond acceptors (Lipinski definition) is 1. The van der Waals surface area contributed by atoms with Gasteiger partial charge >= 0.3 is 0 Å². The number of unbranched alkanes of at least 4 members (excludes halogenated alkanes) is 5. The van der Waals surface area contributed by atoms with E-state index in [1.807, 2.05) is 19.1 Å². The highest BCUT2D eigenvalue weighted by molar-refractivity contribution is 6.32. The molecule has 0 amide bonds. The lowest BCUT2D eigenvalue weighted by atomic mass is 9.99. The summed E-state index contributed by atoms with van der Waals surface area (Å²) in [6.07, 6.45) is 8.88. The second-order valence-electron chi connectivity index (χ2n) is 5.14. The average molecular weight is 268 g/mol. The zero-order valence-electron chi connectivity index (χ0n) is 11.7. The fraction of sp³-hybridized carbons (Fsp3) is 0.625. The van der Waals surface area contributed by atoms with Crippen molar-refractivity contribution >= 4 is 11.6 Å². The van der Waals surface area contributed by atoms with Crippen molar-refractivity contribution in [2.45, 2.75) is 64.8 Å². The number of rotatable bonds is 8. The van der Waals surface area contributed by atoms with E-state index in [2.05, 4.69) is 13.0 Å². The second kappa shape index (κ2) is 8.55. The van der Waals surface area contributed by atoms with Crippen LogP contribution in [0.15, 0.2) is 18.2 Å². The highest BCUT2D eigenvalue weighted by Gasteiger charge is 2.10. The monoisotopic (exact) mass is 267 g/mol. The van der Waals surface area contributed by atoms with E-state index < -0.39 is 0 Å². The van der Waals surface area contributed by atoms with Crippen LogP contribution in [0, 0.1) is 6.92 Å². The first-order valence-electron chi connectivity index (χ1n) is 7.17. The van der Waals surface area contributed by atoms with E-state index in [0.717, 1.165) is 22.6 Å². The summed E-state index contributed by atoms with van der Waals surface area (Å²) in [5.74, 6) is 0. The van der Waals surface area contributed by atoms with Crippen LogP contribution in [0.1, 0.15) is 69.0 Å². The number of hydrogen-bond donors (Lipinski definition) is 1. The average Bonchev–Trinajstić information content (AvgIpc) is 2.36. The van der Waals surface area contributed by atoms with E-state index in [-0.39, 0.29) is 6.04 Å². The summed E-state index contributed by atoms with van der Waals surface area (Å²) in [6.45, 7) is 4.28. The molecule has 1 aromatic rings. The van der Waals surface area contributed by atoms with Gasteiger partial charge < -0.3 is 5.73 Å². The molecule has 0 aliphatic rings. The molecule has 0 aliphatic heterocycles. The molecule has 0 saturated carbocycles. The maximum atomic E-state index is 6.29. The van der Waals surface area contributed by atoms with Crippen molar-refractivity contribution in [2.24, 2.45) is 5.73 Å². The molecule has 2 N–H and O–H groups in total. The molecule has 0 spiro atoms. The summed E-state index contributed by atoms with van der Waals surface area (Å²) in [6, 6.07) is 6.21. The molecule has 1 aromatic carbocycles. The Hall–Kier alpha value is -0.530. The minimum absolute atomic E-state index is 0.0866. The highest BCUT2D eigenvalue weighted by Crippen LogP contribution is 2.27. The smallest absolute Gasteiger partial charge is 0.0482 e. The minimum Gasteiger partial charge on any atom is -0.324 e. The summed E-state index contributed by atoms with van der Waals surface area (Å²) >= 11 is 6.29. The molecule has 0 saturated heterocycles. The van der Waals surface area contributed by atoms with Crippen LogP contribution in [0.4, 0.5) is 0 Å². The van der Waals surface area contributed by atoms with Crippen LogP contribution < -0.4 is 5.73 Å². The molecule has 0 aliphatic carbocycles. The largest absolute Gasteiger partial charge is 0.324 e. The number of benzene rings is 1. The molecule has 0 aromatic heterocycles. The van der Waals surface area contributed by atoms with Gasteiger partial charge in [-0.1, -0.05) is 75.2 Å². The van der Waals surface area contributed by atoms with Gasteiger partial charge in [0.15, 0.2) is 0 Å². The first-order chi connectivity index (χ1) is 8.66. The van der Waals surface area contributed by atoms with E-state index in [9.17, 15) is 0 Å². The Balaban J connectivity index is 2.32. The standard InChI is InChI=1S/C16H26ClN/c1-3-4-5-6-7-8-12-15(18)14-11-9-10-13(2)16(14)17/h9-11,15H,3-8,12,18H2,1-2H3. The van der Waals surface area contributed by atoms with Crippen LogP contribution >= 0.6 is 11.6 Å². The molecule has 2 heteroatoms. The predicted molar refractivity (Wildman–Crippen MR) is 81.1 cm³/mol. The quantitative estimate of drug-likeness (QED) is 0.627. The lowest BCUT2D eigenvalue weighted by Crippen LogP contribution is -2.11. The third-order valence-corrected chi connectivity index (χ3v) is 4.01. The third kappa shape index (κ3) is 4.99. The molecule has 18 heavy (non-hydrogen) atoms. The Morgan fingerprint density at radius 2 is 1.78 bits per heavy atom. The number of halogens is 1. The molecule has 0 bridgehead atoms. The van der Waals surface area contributed by atoms with Crippen LogP contribution in [0.5, 0.6) is 0 Å². The van der Waals surface area contributed by atoms with Gasteiger partial charge in [0.2, 0.25) is 0 Å². The molecule has 1 unspecified atom stereocenters. The van der Waals surface area contributed by atoms with Crippen molar-refractivity contribution in [3.63, 3.8) is 0 Å². The molecule has 1 nitrogen and oxygen atoms in total. The van der Waals surface area contributed by atoms with Gasteiger partial charge in [0.05, 0.1) is 0 Å². The van der Waals surface area contributed by atoms with Gasteiger partial charge in [-0.2, -0.15) is 0 Å². The van der Waals surface area contributed by atoms with Gasteiger partial charge in [-0.05, 0) is 24.5 Å². The van der Waals surface area contributed by atoms with Gasteiger partial charge in [0.25, 0.3) is 0 Å². The van der Waals surface area contributed by atoms with Crippen LogP contribution in [-0.4, -0.2) is 0 Å². The molecular formula is C16H26ClN. The molecule has 0 radical (unpaired) electrons. The van der Waals surface area contributed by atoms with Crippen LogP contribution in [0.25, 0.3) is 0 Å². The number of nitrogens with two attached hydrogens (primary N) is 1. The SMILES string of the molecule is CCCCCCCCC(N)c1cccc(C)c1Cl. The number of aryl methyl sites for hydroxylation is 1. The van der Waals surface area contributed by atoms with E-state index in [1.54, 1.807) is 0 Å². The zero-order valence-corrected chi connectivity index (χ0v) is 12.5. The highest BCUT2D eigenvalue weighted by atomic mass is 35.5. The zero-order chi connectivity index (χ0) is 13.4. The Morgan fingerprint density at radius 1 is 1.11 bits per heavy atom. The summed E-state index contributed by atoms with van der Waals surface area (Å²) in [5.41, 5.74) is 8.44. The maximum Gasteiger partial charge on any atom is 0.0482 e. The van der Waals surface area contributed by atoms with Crippen molar-refractivity contribution < 1.29 is 0 Å². The van der Waals surface area contributed by atoms with Gasteiger partial charge in [0.1, 0.15) is 0 Å². The van der Waals surface area contributed by atoms with E-state index in [0.29, 0.717) is 0 Å². The van der Waals surface area contributed by atoms with Crippen molar-refractivity contribution in [1.82, 2.24) is 0 Å². The Labute approximate surface area is 117 Å². The Morgan fingerprint density at radius 3 is 2.50 bits per heavy atom. The normalized spacial score (nSPS) is 12.7. The van der Waals surface area contributed by atoms with Crippen molar-refractivity contribution in [1.29, 1.82) is 0 Å². The molecule has 0 fully saturated rings. The Kier molecular flexibility index (Phi) is 7.38. The first kappa shape index (κ1) is 15.5. The summed E-state index contributed by atoms with van der Waals surface area (Å²) in [4.78, 5) is 0. The van der Waals surface area contributed by atoms with E-state index in [4.69, 9.17) is 17.3 Å². The summed E-state index contributed by atoms with van der Waals surface area (Å²) < 4.78 is 0. The van der Waals surface area contributed by atoms with Crippen LogP contribution in [0.3, 0.4) is 0 Å². The van der Waals surface area contributed by atoms with Gasteiger partial charge in [0, 0.05) is 11.1 Å². The minimum atomic E-state index is 0.0866. The second-order valence-corrected chi connectivity index (χ2v) is 5.52. The van der Waals surface area contributed by atoms with E-state index >= 15 is 0 Å². The lowest BCUT2D eigenvalue weighted by Gasteiger charge is -2.14. The van der Waals surface area contributed by atoms with Crippen LogP contribution in [-0.2, 0) is 0 Å².